The normalized spacial score (nSPS) is 14.3. The van der Waals surface area contributed by atoms with Crippen LogP contribution in [0.3, 0.4) is 0 Å². The van der Waals surface area contributed by atoms with Crippen molar-refractivity contribution in [2.45, 2.75) is 25.4 Å². The van der Waals surface area contributed by atoms with Crippen molar-refractivity contribution in [1.82, 2.24) is 10.2 Å². The number of hydrogen-bond donors (Lipinski definition) is 2. The fourth-order valence-corrected chi connectivity index (χ4v) is 1.94. The van der Waals surface area contributed by atoms with Gasteiger partial charge in [0.2, 0.25) is 5.91 Å². The van der Waals surface area contributed by atoms with Crippen LogP contribution in [0.1, 0.15) is 24.9 Å². The van der Waals surface area contributed by atoms with E-state index in [0.717, 1.165) is 12.1 Å². The van der Waals surface area contributed by atoms with Crippen molar-refractivity contribution in [3.05, 3.63) is 35.9 Å². The third-order valence-corrected chi connectivity index (χ3v) is 2.68. The summed E-state index contributed by atoms with van der Waals surface area (Å²) >= 11 is 0. The van der Waals surface area contributed by atoms with E-state index in [2.05, 4.69) is 5.32 Å². The minimum atomic E-state index is -0.238. The predicted molar refractivity (Wildman–Crippen MR) is 74.1 cm³/mol. The second-order valence-electron chi connectivity index (χ2n) is 4.95. The Morgan fingerprint density at radius 3 is 2.50 bits per heavy atom. The first-order valence-corrected chi connectivity index (χ1v) is 6.23. The fraction of sp³-hybridized carbons (Fsp3) is 0.500. The zero-order chi connectivity index (χ0) is 13.5. The van der Waals surface area contributed by atoms with Crippen LogP contribution in [-0.4, -0.2) is 37.5 Å². The molecule has 1 rings (SSSR count). The van der Waals surface area contributed by atoms with E-state index in [0.29, 0.717) is 6.42 Å². The van der Waals surface area contributed by atoms with E-state index in [9.17, 15) is 4.79 Å². The van der Waals surface area contributed by atoms with E-state index in [1.165, 1.54) is 0 Å². The molecule has 1 amide bonds. The van der Waals surface area contributed by atoms with Gasteiger partial charge in [0.1, 0.15) is 0 Å². The highest BCUT2D eigenvalue weighted by Crippen LogP contribution is 2.12. The second-order valence-corrected chi connectivity index (χ2v) is 4.95. The molecule has 1 aromatic carbocycles. The third-order valence-electron chi connectivity index (χ3n) is 2.68. The van der Waals surface area contributed by atoms with Crippen LogP contribution in [0.15, 0.2) is 30.3 Å². The van der Waals surface area contributed by atoms with Gasteiger partial charge >= 0.3 is 0 Å². The zero-order valence-corrected chi connectivity index (χ0v) is 11.4. The number of nitrogens with two attached hydrogens (primary N) is 1. The average Bonchev–Trinajstić information content (AvgIpc) is 2.28. The molecule has 0 fully saturated rings. The van der Waals surface area contributed by atoms with Gasteiger partial charge in [-0.25, -0.2) is 0 Å². The van der Waals surface area contributed by atoms with Crippen LogP contribution in [0.25, 0.3) is 0 Å². The van der Waals surface area contributed by atoms with E-state index < -0.39 is 0 Å². The Morgan fingerprint density at radius 1 is 1.33 bits per heavy atom. The smallest absolute Gasteiger partial charge is 0.222 e. The molecule has 0 radical (unpaired) electrons. The molecule has 100 valence electrons. The van der Waals surface area contributed by atoms with Crippen LogP contribution in [-0.2, 0) is 4.79 Å². The molecule has 0 aromatic heterocycles. The van der Waals surface area contributed by atoms with Crippen LogP contribution < -0.4 is 11.1 Å². The number of carbonyl (C=O) groups is 1. The van der Waals surface area contributed by atoms with Crippen molar-refractivity contribution in [3.63, 3.8) is 0 Å². The molecule has 4 nitrogen and oxygen atoms in total. The maximum atomic E-state index is 11.8. The molecule has 18 heavy (non-hydrogen) atoms. The van der Waals surface area contributed by atoms with Gasteiger partial charge in [-0.15, -0.1) is 0 Å². The zero-order valence-electron chi connectivity index (χ0n) is 11.4. The summed E-state index contributed by atoms with van der Waals surface area (Å²) in [6.45, 7) is 2.82. The third kappa shape index (κ3) is 5.29. The fourth-order valence-electron chi connectivity index (χ4n) is 1.94. The Kier molecular flexibility index (Phi) is 5.82. The maximum Gasteiger partial charge on any atom is 0.222 e. The van der Waals surface area contributed by atoms with Crippen molar-refractivity contribution in [1.29, 1.82) is 0 Å². The molecular weight excluding hydrogens is 226 g/mol. The lowest BCUT2D eigenvalue weighted by Crippen LogP contribution is -2.40. The number of nitrogens with zero attached hydrogens (tertiary/aromatic N) is 1. The van der Waals surface area contributed by atoms with Crippen molar-refractivity contribution < 1.29 is 4.79 Å². The summed E-state index contributed by atoms with van der Waals surface area (Å²) in [6, 6.07) is 9.59. The number of carbonyl (C=O) groups excluding carboxylic acids is 1. The van der Waals surface area contributed by atoms with Gasteiger partial charge in [0, 0.05) is 25.0 Å². The van der Waals surface area contributed by atoms with E-state index in [1.807, 2.05) is 56.3 Å². The average molecular weight is 249 g/mol. The molecule has 3 N–H and O–H groups in total. The van der Waals surface area contributed by atoms with Crippen LogP contribution in [0.2, 0.25) is 0 Å². The van der Waals surface area contributed by atoms with Crippen molar-refractivity contribution in [2.24, 2.45) is 5.73 Å². The van der Waals surface area contributed by atoms with Crippen molar-refractivity contribution in [2.75, 3.05) is 20.6 Å². The molecule has 0 saturated carbocycles. The summed E-state index contributed by atoms with van der Waals surface area (Å²) in [5, 5.41) is 2.95. The Bertz CT molecular complexity index is 365. The number of benzene rings is 1. The minimum Gasteiger partial charge on any atom is -0.352 e. The SMILES string of the molecule is CC(CN(C)C)NC(=O)CC(N)c1ccccc1. The quantitative estimate of drug-likeness (QED) is 0.795. The lowest BCUT2D eigenvalue weighted by molar-refractivity contribution is -0.122. The number of rotatable bonds is 6. The maximum absolute atomic E-state index is 11.8. The van der Waals surface area contributed by atoms with Gasteiger partial charge in [0.25, 0.3) is 0 Å². The summed E-state index contributed by atoms with van der Waals surface area (Å²) in [5.41, 5.74) is 7.00. The first-order valence-electron chi connectivity index (χ1n) is 6.23. The van der Waals surface area contributed by atoms with Gasteiger partial charge in [-0.3, -0.25) is 4.79 Å². The van der Waals surface area contributed by atoms with Gasteiger partial charge in [-0.2, -0.15) is 0 Å². The van der Waals surface area contributed by atoms with E-state index in [4.69, 9.17) is 5.73 Å². The molecule has 2 unspecified atom stereocenters. The first kappa shape index (κ1) is 14.7. The first-order chi connectivity index (χ1) is 8.49. The molecule has 0 saturated heterocycles. The molecule has 1 aromatic rings. The molecule has 0 aliphatic heterocycles. The summed E-state index contributed by atoms with van der Waals surface area (Å²) < 4.78 is 0. The molecule has 2 atom stereocenters. The van der Waals surface area contributed by atoms with Crippen LogP contribution in [0.4, 0.5) is 0 Å². The summed E-state index contributed by atoms with van der Waals surface area (Å²) in [6.07, 6.45) is 0.321. The van der Waals surface area contributed by atoms with Gasteiger partial charge in [0.05, 0.1) is 0 Å². The summed E-state index contributed by atoms with van der Waals surface area (Å²) in [5.74, 6) is 0.000651. The Balaban J connectivity index is 2.41. The molecule has 4 heteroatoms. The minimum absolute atomic E-state index is 0.000651. The van der Waals surface area contributed by atoms with Gasteiger partial charge in [-0.1, -0.05) is 30.3 Å². The largest absolute Gasteiger partial charge is 0.352 e. The molecule has 0 spiro atoms. The standard InChI is InChI=1S/C14H23N3O/c1-11(10-17(2)3)16-14(18)9-13(15)12-7-5-4-6-8-12/h4-8,11,13H,9-10,15H2,1-3H3,(H,16,18). The van der Waals surface area contributed by atoms with Gasteiger partial charge in [-0.05, 0) is 26.6 Å². The topological polar surface area (TPSA) is 58.4 Å². The van der Waals surface area contributed by atoms with E-state index >= 15 is 0 Å². The molecule has 0 aliphatic carbocycles. The number of nitrogens with one attached hydrogen (secondary N) is 1. The predicted octanol–water partition coefficient (Wildman–Crippen LogP) is 1.14. The Morgan fingerprint density at radius 2 is 1.94 bits per heavy atom. The van der Waals surface area contributed by atoms with Crippen LogP contribution >= 0.6 is 0 Å². The number of hydrogen-bond acceptors (Lipinski definition) is 3. The second kappa shape index (κ2) is 7.13. The molecule has 0 aliphatic rings. The van der Waals surface area contributed by atoms with Crippen LogP contribution in [0.5, 0.6) is 0 Å². The molecule has 0 bridgehead atoms. The Hall–Kier alpha value is -1.39. The lowest BCUT2D eigenvalue weighted by atomic mass is 10.0. The van der Waals surface area contributed by atoms with Crippen LogP contribution in [0, 0.1) is 0 Å². The number of likely N-dealkylation sites (N-methyl/N-ethyl adjacent to an activating group) is 1. The van der Waals surface area contributed by atoms with E-state index in [1.54, 1.807) is 0 Å². The van der Waals surface area contributed by atoms with E-state index in [-0.39, 0.29) is 18.0 Å². The van der Waals surface area contributed by atoms with Gasteiger partial charge < -0.3 is 16.0 Å². The summed E-state index contributed by atoms with van der Waals surface area (Å²) in [7, 11) is 3.97. The number of amides is 1. The summed E-state index contributed by atoms with van der Waals surface area (Å²) in [4.78, 5) is 13.9. The van der Waals surface area contributed by atoms with Crippen molar-refractivity contribution >= 4 is 5.91 Å². The van der Waals surface area contributed by atoms with Crippen molar-refractivity contribution in [3.8, 4) is 0 Å². The van der Waals surface area contributed by atoms with Gasteiger partial charge in [0.15, 0.2) is 0 Å². The Labute approximate surface area is 109 Å². The molecular formula is C14H23N3O. The molecule has 0 heterocycles. The highest BCUT2D eigenvalue weighted by Gasteiger charge is 2.13. The highest BCUT2D eigenvalue weighted by molar-refractivity contribution is 5.77. The highest BCUT2D eigenvalue weighted by atomic mass is 16.1. The monoisotopic (exact) mass is 249 g/mol. The lowest BCUT2D eigenvalue weighted by Gasteiger charge is -2.19.